The van der Waals surface area contributed by atoms with E-state index < -0.39 is 42.6 Å². The zero-order valence-corrected chi connectivity index (χ0v) is 22.6. The molecule has 1 saturated heterocycles. The number of piperidine rings is 1. The third kappa shape index (κ3) is 6.69. The summed E-state index contributed by atoms with van der Waals surface area (Å²) in [4.78, 5) is 34.2. The Bertz CT molecular complexity index is 1270. The van der Waals surface area contributed by atoms with Crippen LogP contribution in [0.5, 0.6) is 0 Å². The number of nitrogens with zero attached hydrogens (tertiary/aromatic N) is 3. The van der Waals surface area contributed by atoms with Crippen molar-refractivity contribution >= 4 is 45.5 Å². The molecule has 1 unspecified atom stereocenters. The molecule has 1 aromatic heterocycles. The lowest BCUT2D eigenvalue weighted by Crippen LogP contribution is -2.49. The first kappa shape index (κ1) is 28.0. The fraction of sp³-hybridized carbons (Fsp3) is 0.360. The Balaban J connectivity index is 1.77. The molecule has 8 nitrogen and oxygen atoms in total. The molecule has 2 aliphatic heterocycles. The van der Waals surface area contributed by atoms with Crippen molar-refractivity contribution in [3.8, 4) is 0 Å². The number of benzene rings is 1. The van der Waals surface area contributed by atoms with Crippen LogP contribution < -0.4 is 5.32 Å². The van der Waals surface area contributed by atoms with E-state index in [1.165, 1.54) is 40.5 Å². The first-order valence-corrected chi connectivity index (χ1v) is 13.3. The van der Waals surface area contributed by atoms with Gasteiger partial charge in [0.2, 0.25) is 0 Å². The smallest absolute Gasteiger partial charge is 0.338 e. The van der Waals surface area contributed by atoms with Crippen molar-refractivity contribution < 1.29 is 32.2 Å². The highest BCUT2D eigenvalue weighted by Gasteiger charge is 2.41. The van der Waals surface area contributed by atoms with Gasteiger partial charge >= 0.3 is 5.97 Å². The number of hydrogen-bond acceptors (Lipinski definition) is 9. The van der Waals surface area contributed by atoms with Gasteiger partial charge in [0.1, 0.15) is 11.9 Å². The monoisotopic (exact) mass is 612 g/mol. The molecule has 0 saturated carbocycles. The van der Waals surface area contributed by atoms with Gasteiger partial charge < -0.3 is 14.8 Å². The number of hydrogen-bond donors (Lipinski definition) is 1. The van der Waals surface area contributed by atoms with Crippen molar-refractivity contribution in [3.63, 3.8) is 0 Å². The molecule has 4 rings (SSSR count). The summed E-state index contributed by atoms with van der Waals surface area (Å²) in [6, 6.07) is 3.12. The number of aliphatic imine (C=N–C) groups is 1. The molecule has 0 amide bonds. The van der Waals surface area contributed by atoms with Crippen molar-refractivity contribution in [2.24, 2.45) is 10.9 Å². The van der Waals surface area contributed by atoms with Crippen LogP contribution in [0.25, 0.3) is 0 Å². The lowest BCUT2D eigenvalue weighted by atomic mass is 9.93. The Labute approximate surface area is 229 Å². The summed E-state index contributed by atoms with van der Waals surface area (Å²) in [5, 5.41) is 5.42. The van der Waals surface area contributed by atoms with Gasteiger partial charge in [0.15, 0.2) is 10.8 Å². The Morgan fingerprint density at radius 1 is 1.39 bits per heavy atom. The van der Waals surface area contributed by atoms with Crippen LogP contribution in [0.3, 0.4) is 0 Å². The molecular formula is C25H24BrF3N4O4S. The quantitative estimate of drug-likeness (QED) is 0.251. The first-order valence-electron chi connectivity index (χ1n) is 11.7. The van der Waals surface area contributed by atoms with E-state index >= 15 is 0 Å². The van der Waals surface area contributed by atoms with Crippen LogP contribution >= 0.6 is 27.3 Å². The lowest BCUT2D eigenvalue weighted by molar-refractivity contribution is -0.139. The highest BCUT2D eigenvalue weighted by molar-refractivity contribution is 9.10. The number of carbonyl (C=O) groups is 2. The maximum Gasteiger partial charge on any atom is 0.338 e. The van der Waals surface area contributed by atoms with E-state index in [1.807, 2.05) is 0 Å². The molecule has 1 fully saturated rings. The number of thiazole rings is 1. The van der Waals surface area contributed by atoms with E-state index in [4.69, 9.17) is 9.73 Å². The summed E-state index contributed by atoms with van der Waals surface area (Å²) >= 11 is 4.68. The Morgan fingerprint density at radius 2 is 2.21 bits per heavy atom. The van der Waals surface area contributed by atoms with Gasteiger partial charge in [-0.2, -0.15) is 0 Å². The van der Waals surface area contributed by atoms with E-state index in [2.05, 4.69) is 31.0 Å². The number of likely N-dealkylation sites (tertiary alicyclic amines) is 1. The van der Waals surface area contributed by atoms with Crippen molar-refractivity contribution in [3.05, 3.63) is 74.2 Å². The average Bonchev–Trinajstić information content (AvgIpc) is 3.38. The molecule has 1 N–H and O–H groups in total. The van der Waals surface area contributed by atoms with Gasteiger partial charge in [-0.1, -0.05) is 22.0 Å². The molecule has 2 aliphatic rings. The normalized spacial score (nSPS) is 21.7. The average molecular weight is 613 g/mol. The summed E-state index contributed by atoms with van der Waals surface area (Å²) in [6.07, 6.45) is 3.70. The van der Waals surface area contributed by atoms with Crippen molar-refractivity contribution in [1.82, 2.24) is 15.2 Å². The largest absolute Gasteiger partial charge is 0.463 e. The van der Waals surface area contributed by atoms with E-state index in [0.717, 1.165) is 6.26 Å². The van der Waals surface area contributed by atoms with E-state index in [1.54, 1.807) is 18.5 Å². The molecule has 0 aliphatic carbocycles. The fourth-order valence-electron chi connectivity index (χ4n) is 4.46. The van der Waals surface area contributed by atoms with Gasteiger partial charge in [-0.15, -0.1) is 11.3 Å². The first-order chi connectivity index (χ1) is 18.2. The highest BCUT2D eigenvalue weighted by atomic mass is 79.9. The predicted octanol–water partition coefficient (Wildman–Crippen LogP) is 4.60. The Hall–Kier alpha value is -3.03. The Morgan fingerprint density at radius 3 is 2.89 bits per heavy atom. The summed E-state index contributed by atoms with van der Waals surface area (Å²) < 4.78 is 53.5. The van der Waals surface area contributed by atoms with Gasteiger partial charge in [-0.3, -0.25) is 14.7 Å². The molecule has 2 atom stereocenters. The van der Waals surface area contributed by atoms with E-state index in [0.29, 0.717) is 26.6 Å². The topological polar surface area (TPSA) is 93.1 Å². The van der Waals surface area contributed by atoms with Crippen molar-refractivity contribution in [1.29, 1.82) is 0 Å². The maximum atomic E-state index is 14.7. The summed E-state index contributed by atoms with van der Waals surface area (Å²) in [7, 11) is 0. The molecule has 1 aromatic carbocycles. The van der Waals surface area contributed by atoms with Crippen LogP contribution in [-0.2, 0) is 19.1 Å². The van der Waals surface area contributed by atoms with Crippen LogP contribution in [0.15, 0.2) is 62.8 Å². The van der Waals surface area contributed by atoms with Gasteiger partial charge in [0, 0.05) is 41.3 Å². The standard InChI is InChI=1S/C25H24BrF3N4O4S/c1-2-37-24(35)20-19(12-33-11-15(5-7-36-14-34)10-25(28,29)13-33)31-22(23-30-6-8-38-23)32-21(20)17-4-3-16(27)9-18(17)26/h3-9,14-15,21H,2,10-13H2,1H3,(H,31,32)/b7-5+/t15?,21-/m0/s1. The molecule has 2 aromatic rings. The number of nitrogens with one attached hydrogen (secondary N) is 1. The van der Waals surface area contributed by atoms with Crippen molar-refractivity contribution in [2.45, 2.75) is 25.3 Å². The second-order valence-corrected chi connectivity index (χ2v) is 10.4. The van der Waals surface area contributed by atoms with Crippen LogP contribution in [0.2, 0.25) is 0 Å². The number of esters is 1. The second-order valence-electron chi connectivity index (χ2n) is 8.67. The van der Waals surface area contributed by atoms with Crippen LogP contribution in [0, 0.1) is 11.7 Å². The number of rotatable bonds is 9. The number of amidine groups is 1. The second kappa shape index (κ2) is 12.2. The van der Waals surface area contributed by atoms with Gasteiger partial charge in [-0.25, -0.2) is 22.9 Å². The molecule has 202 valence electrons. The van der Waals surface area contributed by atoms with Crippen molar-refractivity contribution in [2.75, 3.05) is 26.2 Å². The SMILES string of the molecule is CCOC(=O)C1=C(CN2CC(/C=C/OC=O)CC(F)(F)C2)NC(c2nccs2)=N[C@H]1c1ccc(F)cc1Br. The molecular weight excluding hydrogens is 589 g/mol. The van der Waals surface area contributed by atoms with E-state index in [9.17, 15) is 22.8 Å². The van der Waals surface area contributed by atoms with Gasteiger partial charge in [0.05, 0.1) is 25.0 Å². The van der Waals surface area contributed by atoms with E-state index in [-0.39, 0.29) is 31.7 Å². The van der Waals surface area contributed by atoms with Crippen LogP contribution in [0.1, 0.15) is 30.0 Å². The third-order valence-corrected chi connectivity index (χ3v) is 7.35. The highest BCUT2D eigenvalue weighted by Crippen LogP contribution is 2.38. The minimum absolute atomic E-state index is 0.0532. The summed E-state index contributed by atoms with van der Waals surface area (Å²) in [6.45, 7) is 1.59. The molecule has 0 bridgehead atoms. The summed E-state index contributed by atoms with van der Waals surface area (Å²) in [5.74, 6) is -4.40. The van der Waals surface area contributed by atoms with Crippen LogP contribution in [0.4, 0.5) is 13.2 Å². The molecule has 3 heterocycles. The zero-order valence-electron chi connectivity index (χ0n) is 20.2. The molecule has 13 heteroatoms. The zero-order chi connectivity index (χ0) is 27.3. The third-order valence-electron chi connectivity index (χ3n) is 5.89. The predicted molar refractivity (Wildman–Crippen MR) is 138 cm³/mol. The number of aromatic nitrogens is 1. The Kier molecular flexibility index (Phi) is 9.00. The molecule has 0 spiro atoms. The fourth-order valence-corrected chi connectivity index (χ4v) is 5.62. The van der Waals surface area contributed by atoms with Gasteiger partial charge in [0.25, 0.3) is 12.4 Å². The molecule has 38 heavy (non-hydrogen) atoms. The van der Waals surface area contributed by atoms with Gasteiger partial charge in [-0.05, 0) is 36.6 Å². The number of halogens is 4. The van der Waals surface area contributed by atoms with Crippen LogP contribution in [-0.4, -0.2) is 60.3 Å². The minimum atomic E-state index is -3.01. The molecule has 0 radical (unpaired) electrons. The number of ether oxygens (including phenoxy) is 2. The minimum Gasteiger partial charge on any atom is -0.463 e. The maximum absolute atomic E-state index is 14.7. The number of alkyl halides is 2. The number of carbonyl (C=O) groups excluding carboxylic acids is 2. The lowest BCUT2D eigenvalue weighted by Gasteiger charge is -2.38. The summed E-state index contributed by atoms with van der Waals surface area (Å²) in [5.41, 5.74) is 0.956.